The molecule has 1 saturated carbocycles. The molecule has 2 N–H and O–H groups in total. The summed E-state index contributed by atoms with van der Waals surface area (Å²) in [6, 6.07) is 5.86. The maximum atomic E-state index is 6.32. The van der Waals surface area contributed by atoms with E-state index in [2.05, 4.69) is 6.92 Å². The third-order valence-electron chi connectivity index (χ3n) is 4.54. The van der Waals surface area contributed by atoms with Crippen LogP contribution in [0.3, 0.4) is 0 Å². The Balaban J connectivity index is 1.90. The first-order chi connectivity index (χ1) is 8.62. The van der Waals surface area contributed by atoms with Crippen molar-refractivity contribution in [3.8, 4) is 5.75 Å². The van der Waals surface area contributed by atoms with E-state index in [4.69, 9.17) is 22.1 Å². The lowest BCUT2D eigenvalue weighted by Gasteiger charge is -2.39. The van der Waals surface area contributed by atoms with Crippen molar-refractivity contribution in [2.45, 2.75) is 50.7 Å². The van der Waals surface area contributed by atoms with Crippen LogP contribution in [-0.2, 0) is 0 Å². The quantitative estimate of drug-likeness (QED) is 0.831. The lowest BCUT2D eigenvalue weighted by Crippen LogP contribution is -2.40. The minimum atomic E-state index is -0.0130. The van der Waals surface area contributed by atoms with Gasteiger partial charge in [-0.15, -0.1) is 0 Å². The van der Waals surface area contributed by atoms with Crippen LogP contribution in [0.2, 0.25) is 5.02 Å². The molecular formula is C15H20ClNO. The standard InChI is InChI=1S/C15H20ClNO/c1-2-10-5-6-15(8-10)9-13(17)12-7-11(16)3-4-14(12)18-15/h3-4,7,10,13H,2,5-6,8-9,17H2,1H3/t10?,13-,15?/m1/s1. The van der Waals surface area contributed by atoms with Gasteiger partial charge in [-0.1, -0.05) is 24.9 Å². The van der Waals surface area contributed by atoms with Crippen molar-refractivity contribution in [3.63, 3.8) is 0 Å². The van der Waals surface area contributed by atoms with Crippen molar-refractivity contribution in [2.24, 2.45) is 11.7 Å². The summed E-state index contributed by atoms with van der Waals surface area (Å²) in [6.45, 7) is 2.26. The first-order valence-electron chi connectivity index (χ1n) is 6.86. The third kappa shape index (κ3) is 2.02. The van der Waals surface area contributed by atoms with Crippen LogP contribution >= 0.6 is 11.6 Å². The first-order valence-corrected chi connectivity index (χ1v) is 7.24. The zero-order valence-corrected chi connectivity index (χ0v) is 11.5. The molecule has 1 fully saturated rings. The van der Waals surface area contributed by atoms with Crippen LogP contribution in [0.15, 0.2) is 18.2 Å². The van der Waals surface area contributed by atoms with Crippen LogP contribution in [-0.4, -0.2) is 5.60 Å². The number of nitrogens with two attached hydrogens (primary N) is 1. The second kappa shape index (κ2) is 4.43. The Morgan fingerprint density at radius 2 is 2.28 bits per heavy atom. The lowest BCUT2D eigenvalue weighted by molar-refractivity contribution is 0.0385. The van der Waals surface area contributed by atoms with Gasteiger partial charge in [0, 0.05) is 23.0 Å². The summed E-state index contributed by atoms with van der Waals surface area (Å²) < 4.78 is 6.30. The van der Waals surface area contributed by atoms with Gasteiger partial charge in [-0.05, 0) is 43.4 Å². The minimum absolute atomic E-state index is 0.0130. The van der Waals surface area contributed by atoms with E-state index < -0.39 is 0 Å². The molecule has 1 aromatic carbocycles. The average Bonchev–Trinajstić information content (AvgIpc) is 2.73. The molecular weight excluding hydrogens is 246 g/mol. The number of halogens is 1. The molecule has 1 heterocycles. The smallest absolute Gasteiger partial charge is 0.125 e. The van der Waals surface area contributed by atoms with Crippen LogP contribution < -0.4 is 10.5 Å². The number of rotatable bonds is 1. The Hall–Kier alpha value is -0.730. The second-order valence-electron chi connectivity index (χ2n) is 5.79. The Labute approximate surface area is 113 Å². The SMILES string of the molecule is CCC1CCC2(C1)C[C@@H](N)c1cc(Cl)ccc1O2. The van der Waals surface area contributed by atoms with E-state index in [1.807, 2.05) is 18.2 Å². The fraction of sp³-hybridized carbons (Fsp3) is 0.600. The molecule has 0 amide bonds. The van der Waals surface area contributed by atoms with E-state index in [-0.39, 0.29) is 11.6 Å². The van der Waals surface area contributed by atoms with Crippen LogP contribution in [0.1, 0.15) is 50.6 Å². The summed E-state index contributed by atoms with van der Waals surface area (Å²) in [7, 11) is 0. The van der Waals surface area contributed by atoms with Gasteiger partial charge in [0.05, 0.1) is 0 Å². The highest BCUT2D eigenvalue weighted by Crippen LogP contribution is 2.49. The van der Waals surface area contributed by atoms with E-state index in [1.54, 1.807) is 0 Å². The molecule has 2 nitrogen and oxygen atoms in total. The summed E-state index contributed by atoms with van der Waals surface area (Å²) in [6.07, 6.45) is 5.73. The van der Waals surface area contributed by atoms with E-state index in [0.29, 0.717) is 0 Å². The third-order valence-corrected chi connectivity index (χ3v) is 4.77. The fourth-order valence-corrected chi connectivity index (χ4v) is 3.69. The number of hydrogen-bond donors (Lipinski definition) is 1. The zero-order chi connectivity index (χ0) is 12.8. The van der Waals surface area contributed by atoms with E-state index in [1.165, 1.54) is 12.8 Å². The molecule has 2 aliphatic rings. The number of hydrogen-bond acceptors (Lipinski definition) is 2. The first kappa shape index (κ1) is 12.3. The van der Waals surface area contributed by atoms with Gasteiger partial charge in [0.15, 0.2) is 0 Å². The summed E-state index contributed by atoms with van der Waals surface area (Å²) in [4.78, 5) is 0. The summed E-state index contributed by atoms with van der Waals surface area (Å²) in [5.41, 5.74) is 7.37. The van der Waals surface area contributed by atoms with E-state index in [0.717, 1.165) is 41.5 Å². The van der Waals surface area contributed by atoms with Crippen molar-refractivity contribution < 1.29 is 4.74 Å². The largest absolute Gasteiger partial charge is 0.487 e. The predicted octanol–water partition coefficient (Wildman–Crippen LogP) is 4.07. The van der Waals surface area contributed by atoms with Gasteiger partial charge in [0.2, 0.25) is 0 Å². The molecule has 0 saturated heterocycles. The zero-order valence-electron chi connectivity index (χ0n) is 10.8. The maximum absolute atomic E-state index is 6.32. The molecule has 1 aliphatic carbocycles. The Morgan fingerprint density at radius 1 is 1.44 bits per heavy atom. The molecule has 3 heteroatoms. The van der Waals surface area contributed by atoms with Crippen LogP contribution in [0.25, 0.3) is 0 Å². The van der Waals surface area contributed by atoms with Crippen LogP contribution in [0.4, 0.5) is 0 Å². The van der Waals surface area contributed by atoms with Crippen molar-refractivity contribution in [1.29, 1.82) is 0 Å². The van der Waals surface area contributed by atoms with E-state index in [9.17, 15) is 0 Å². The molecule has 0 bridgehead atoms. The maximum Gasteiger partial charge on any atom is 0.125 e. The van der Waals surface area contributed by atoms with Gasteiger partial charge >= 0.3 is 0 Å². The molecule has 2 unspecified atom stereocenters. The molecule has 3 atom stereocenters. The summed E-state index contributed by atoms with van der Waals surface area (Å²) >= 11 is 6.03. The van der Waals surface area contributed by atoms with E-state index >= 15 is 0 Å². The van der Waals surface area contributed by atoms with Crippen molar-refractivity contribution in [3.05, 3.63) is 28.8 Å². The monoisotopic (exact) mass is 265 g/mol. The van der Waals surface area contributed by atoms with Gasteiger partial charge in [-0.25, -0.2) is 0 Å². The Kier molecular flexibility index (Phi) is 3.03. The van der Waals surface area contributed by atoms with Crippen molar-refractivity contribution in [1.82, 2.24) is 0 Å². The molecule has 0 aromatic heterocycles. The molecule has 1 aromatic rings. The normalized spacial score (nSPS) is 34.4. The van der Waals surface area contributed by atoms with Crippen LogP contribution in [0.5, 0.6) is 5.75 Å². The van der Waals surface area contributed by atoms with Gasteiger partial charge in [0.25, 0.3) is 0 Å². The number of benzene rings is 1. The van der Waals surface area contributed by atoms with Gasteiger partial charge < -0.3 is 10.5 Å². The summed E-state index contributed by atoms with van der Waals surface area (Å²) in [5, 5.41) is 0.738. The predicted molar refractivity (Wildman–Crippen MR) is 74.0 cm³/mol. The van der Waals surface area contributed by atoms with Crippen LogP contribution in [0, 0.1) is 5.92 Å². The Bertz CT molecular complexity index is 462. The highest BCUT2D eigenvalue weighted by atomic mass is 35.5. The molecule has 1 spiro atoms. The highest BCUT2D eigenvalue weighted by molar-refractivity contribution is 6.30. The molecule has 0 radical (unpaired) electrons. The molecule has 1 aliphatic heterocycles. The molecule has 3 rings (SSSR count). The molecule has 18 heavy (non-hydrogen) atoms. The van der Waals surface area contributed by atoms with Crippen molar-refractivity contribution in [2.75, 3.05) is 0 Å². The van der Waals surface area contributed by atoms with Gasteiger partial charge in [-0.2, -0.15) is 0 Å². The number of fused-ring (bicyclic) bond motifs is 1. The van der Waals surface area contributed by atoms with Gasteiger partial charge in [0.1, 0.15) is 11.4 Å². The lowest BCUT2D eigenvalue weighted by atomic mass is 9.85. The Morgan fingerprint density at radius 3 is 3.00 bits per heavy atom. The van der Waals surface area contributed by atoms with Gasteiger partial charge in [-0.3, -0.25) is 0 Å². The van der Waals surface area contributed by atoms with Crippen molar-refractivity contribution >= 4 is 11.6 Å². The fourth-order valence-electron chi connectivity index (χ4n) is 3.51. The minimum Gasteiger partial charge on any atom is -0.487 e. The second-order valence-corrected chi connectivity index (χ2v) is 6.23. The number of ether oxygens (including phenoxy) is 1. The average molecular weight is 266 g/mol. The molecule has 98 valence electrons. The topological polar surface area (TPSA) is 35.2 Å². The summed E-state index contributed by atoms with van der Waals surface area (Å²) in [5.74, 6) is 1.74. The highest BCUT2D eigenvalue weighted by Gasteiger charge is 2.45.